The zero-order valence-electron chi connectivity index (χ0n) is 17.5. The molecule has 1 saturated heterocycles. The van der Waals surface area contributed by atoms with Crippen molar-refractivity contribution in [3.8, 4) is 11.3 Å². The molecule has 0 unspecified atom stereocenters. The first kappa shape index (κ1) is 21.0. The number of aryl methyl sites for hydroxylation is 2. The molecule has 2 heterocycles. The number of aromatic nitrogens is 1. The highest BCUT2D eigenvalue weighted by atomic mass is 16.4. The molecule has 1 aromatic heterocycles. The fourth-order valence-corrected chi connectivity index (χ4v) is 3.38. The maximum Gasteiger partial charge on any atom is 0.234 e. The molecule has 1 N–H and O–H groups in total. The fraction of sp³-hybridized carbons (Fsp3) is 0.500. The van der Waals surface area contributed by atoms with E-state index in [4.69, 9.17) is 4.42 Å². The van der Waals surface area contributed by atoms with Gasteiger partial charge in [0.15, 0.2) is 11.7 Å². The summed E-state index contributed by atoms with van der Waals surface area (Å²) in [6.07, 6.45) is 2.58. The molecule has 1 fully saturated rings. The minimum Gasteiger partial charge on any atom is -0.441 e. The molecular formula is C22H30N4O3. The summed E-state index contributed by atoms with van der Waals surface area (Å²) in [6.45, 7) is 9.06. The lowest BCUT2D eigenvalue weighted by molar-refractivity contribution is -0.133. The predicted octanol–water partition coefficient (Wildman–Crippen LogP) is 2.25. The zero-order valence-corrected chi connectivity index (χ0v) is 17.5. The van der Waals surface area contributed by atoms with Gasteiger partial charge in [0.25, 0.3) is 0 Å². The van der Waals surface area contributed by atoms with Crippen LogP contribution in [0.4, 0.5) is 0 Å². The molecule has 29 heavy (non-hydrogen) atoms. The molecule has 0 spiro atoms. The van der Waals surface area contributed by atoms with E-state index in [-0.39, 0.29) is 17.9 Å². The molecular weight excluding hydrogens is 368 g/mol. The molecule has 3 rings (SSSR count). The lowest BCUT2D eigenvalue weighted by Gasteiger charge is -2.34. The number of rotatable bonds is 7. The van der Waals surface area contributed by atoms with E-state index in [2.05, 4.69) is 15.2 Å². The van der Waals surface area contributed by atoms with Crippen LogP contribution in [0.15, 0.2) is 34.9 Å². The number of hydrogen-bond acceptors (Lipinski definition) is 5. The molecule has 0 radical (unpaired) electrons. The Morgan fingerprint density at radius 2 is 1.83 bits per heavy atom. The Labute approximate surface area is 172 Å². The van der Waals surface area contributed by atoms with E-state index in [1.807, 2.05) is 49.9 Å². The van der Waals surface area contributed by atoms with Gasteiger partial charge in [0, 0.05) is 50.6 Å². The quantitative estimate of drug-likeness (QED) is 0.774. The Bertz CT molecular complexity index is 821. The van der Waals surface area contributed by atoms with Crippen molar-refractivity contribution in [3.63, 3.8) is 0 Å². The highest BCUT2D eigenvalue weighted by molar-refractivity contribution is 5.78. The van der Waals surface area contributed by atoms with Crippen LogP contribution in [0.3, 0.4) is 0 Å². The molecule has 0 aliphatic carbocycles. The van der Waals surface area contributed by atoms with E-state index in [0.717, 1.165) is 11.3 Å². The molecule has 0 bridgehead atoms. The Hall–Kier alpha value is -2.67. The first-order valence-corrected chi connectivity index (χ1v) is 10.2. The van der Waals surface area contributed by atoms with Crippen LogP contribution in [0.25, 0.3) is 11.3 Å². The average Bonchev–Trinajstić information content (AvgIpc) is 3.15. The van der Waals surface area contributed by atoms with Gasteiger partial charge in [0.05, 0.1) is 12.7 Å². The fourth-order valence-electron chi connectivity index (χ4n) is 3.38. The molecule has 7 nitrogen and oxygen atoms in total. The van der Waals surface area contributed by atoms with Crippen molar-refractivity contribution >= 4 is 11.8 Å². The summed E-state index contributed by atoms with van der Waals surface area (Å²) in [4.78, 5) is 32.6. The van der Waals surface area contributed by atoms with Gasteiger partial charge in [-0.25, -0.2) is 4.98 Å². The Morgan fingerprint density at radius 3 is 2.48 bits per heavy atom. The molecule has 1 aromatic carbocycles. The van der Waals surface area contributed by atoms with Gasteiger partial charge in [-0.3, -0.25) is 14.5 Å². The summed E-state index contributed by atoms with van der Waals surface area (Å²) in [5.41, 5.74) is 2.18. The van der Waals surface area contributed by atoms with E-state index in [9.17, 15) is 9.59 Å². The van der Waals surface area contributed by atoms with Gasteiger partial charge in [0.2, 0.25) is 11.8 Å². The summed E-state index contributed by atoms with van der Waals surface area (Å²) in [7, 11) is 0. The van der Waals surface area contributed by atoms with Crippen LogP contribution < -0.4 is 5.32 Å². The van der Waals surface area contributed by atoms with Crippen LogP contribution >= 0.6 is 0 Å². The zero-order chi connectivity index (χ0) is 20.8. The number of benzene rings is 1. The molecule has 1 aliphatic rings. The first-order chi connectivity index (χ1) is 13.9. The minimum atomic E-state index is 0.0352. The molecule has 0 saturated carbocycles. The molecule has 2 aromatic rings. The third kappa shape index (κ3) is 6.15. The second-order valence-corrected chi connectivity index (χ2v) is 7.86. The standard InChI is InChI=1S/C22H30N4O3/c1-16(2)24-20(27)15-25-10-12-26(13-11-25)22(28)9-8-21-23-14-19(29-21)18-6-4-17(3)5-7-18/h4-7,14,16H,8-13,15H2,1-3H3,(H,24,27). The number of piperazine rings is 1. The van der Waals surface area contributed by atoms with Crippen LogP contribution in [0.5, 0.6) is 0 Å². The molecule has 0 atom stereocenters. The van der Waals surface area contributed by atoms with Gasteiger partial charge < -0.3 is 14.6 Å². The van der Waals surface area contributed by atoms with Crippen molar-refractivity contribution in [2.24, 2.45) is 0 Å². The van der Waals surface area contributed by atoms with Crippen molar-refractivity contribution in [2.75, 3.05) is 32.7 Å². The van der Waals surface area contributed by atoms with Crippen LogP contribution in [0, 0.1) is 6.92 Å². The second-order valence-electron chi connectivity index (χ2n) is 7.86. The Kier molecular flexibility index (Phi) is 7.04. The van der Waals surface area contributed by atoms with Crippen molar-refractivity contribution in [1.29, 1.82) is 0 Å². The molecule has 2 amide bonds. The summed E-state index contributed by atoms with van der Waals surface area (Å²) in [5.74, 6) is 1.44. The number of nitrogens with one attached hydrogen (secondary N) is 1. The average molecular weight is 399 g/mol. The van der Waals surface area contributed by atoms with Gasteiger partial charge in [0.1, 0.15) is 0 Å². The largest absolute Gasteiger partial charge is 0.441 e. The van der Waals surface area contributed by atoms with Crippen molar-refractivity contribution in [2.45, 2.75) is 39.7 Å². The van der Waals surface area contributed by atoms with Gasteiger partial charge in [-0.15, -0.1) is 0 Å². The number of hydrogen-bond donors (Lipinski definition) is 1. The van der Waals surface area contributed by atoms with E-state index >= 15 is 0 Å². The number of amides is 2. The maximum atomic E-state index is 12.5. The predicted molar refractivity (Wildman–Crippen MR) is 111 cm³/mol. The number of carbonyl (C=O) groups excluding carboxylic acids is 2. The van der Waals surface area contributed by atoms with Crippen LogP contribution in [0.2, 0.25) is 0 Å². The second kappa shape index (κ2) is 9.69. The smallest absolute Gasteiger partial charge is 0.234 e. The monoisotopic (exact) mass is 398 g/mol. The summed E-state index contributed by atoms with van der Waals surface area (Å²) < 4.78 is 5.81. The Balaban J connectivity index is 1.42. The highest BCUT2D eigenvalue weighted by Crippen LogP contribution is 2.21. The lowest BCUT2D eigenvalue weighted by atomic mass is 10.1. The molecule has 156 valence electrons. The van der Waals surface area contributed by atoms with Gasteiger partial charge >= 0.3 is 0 Å². The van der Waals surface area contributed by atoms with E-state index < -0.39 is 0 Å². The van der Waals surface area contributed by atoms with Gasteiger partial charge in [-0.1, -0.05) is 29.8 Å². The number of carbonyl (C=O) groups is 2. The van der Waals surface area contributed by atoms with Crippen LogP contribution in [-0.2, 0) is 16.0 Å². The summed E-state index contributed by atoms with van der Waals surface area (Å²) in [5, 5.41) is 2.90. The molecule has 7 heteroatoms. The number of nitrogens with zero attached hydrogens (tertiary/aromatic N) is 3. The SMILES string of the molecule is Cc1ccc(-c2cnc(CCC(=O)N3CCN(CC(=O)NC(C)C)CC3)o2)cc1. The number of oxazole rings is 1. The Morgan fingerprint density at radius 1 is 1.14 bits per heavy atom. The topological polar surface area (TPSA) is 78.7 Å². The van der Waals surface area contributed by atoms with E-state index in [0.29, 0.717) is 51.5 Å². The minimum absolute atomic E-state index is 0.0352. The van der Waals surface area contributed by atoms with E-state index in [1.165, 1.54) is 5.56 Å². The summed E-state index contributed by atoms with van der Waals surface area (Å²) in [6, 6.07) is 8.23. The first-order valence-electron chi connectivity index (χ1n) is 10.2. The van der Waals surface area contributed by atoms with Crippen molar-refractivity contribution in [1.82, 2.24) is 20.1 Å². The van der Waals surface area contributed by atoms with Gasteiger partial charge in [-0.05, 0) is 20.8 Å². The third-order valence-electron chi connectivity index (χ3n) is 4.98. The van der Waals surface area contributed by atoms with Crippen molar-refractivity contribution < 1.29 is 14.0 Å². The third-order valence-corrected chi connectivity index (χ3v) is 4.98. The normalized spacial score (nSPS) is 15.0. The van der Waals surface area contributed by atoms with Crippen LogP contribution in [-0.4, -0.2) is 65.4 Å². The van der Waals surface area contributed by atoms with Crippen molar-refractivity contribution in [3.05, 3.63) is 41.9 Å². The lowest BCUT2D eigenvalue weighted by Crippen LogP contribution is -2.51. The van der Waals surface area contributed by atoms with Gasteiger partial charge in [-0.2, -0.15) is 0 Å². The summed E-state index contributed by atoms with van der Waals surface area (Å²) >= 11 is 0. The van der Waals surface area contributed by atoms with E-state index in [1.54, 1.807) is 6.20 Å². The highest BCUT2D eigenvalue weighted by Gasteiger charge is 2.22. The molecule has 1 aliphatic heterocycles. The van der Waals surface area contributed by atoms with Crippen LogP contribution in [0.1, 0.15) is 31.7 Å². The maximum absolute atomic E-state index is 12.5.